The zero-order valence-electron chi connectivity index (χ0n) is 8.18. The highest BCUT2D eigenvalue weighted by Crippen LogP contribution is 2.34. The van der Waals surface area contributed by atoms with E-state index in [1.54, 1.807) is 16.9 Å². The highest BCUT2D eigenvalue weighted by atomic mass is 16.4. The molecule has 0 spiro atoms. The molecule has 0 unspecified atom stereocenters. The summed E-state index contributed by atoms with van der Waals surface area (Å²) in [6.07, 6.45) is 4.27. The SMILES string of the molecule is C[C@H]1CC[C@H]1Cn1ccc(C(=O)O)n1. The first-order valence-corrected chi connectivity index (χ1v) is 4.93. The van der Waals surface area contributed by atoms with Crippen LogP contribution in [-0.2, 0) is 6.54 Å². The Morgan fingerprint density at radius 1 is 1.71 bits per heavy atom. The van der Waals surface area contributed by atoms with E-state index in [4.69, 9.17) is 5.11 Å². The lowest BCUT2D eigenvalue weighted by molar-refractivity contribution is 0.0688. The lowest BCUT2D eigenvalue weighted by Crippen LogP contribution is -2.27. The number of aromatic nitrogens is 2. The summed E-state index contributed by atoms with van der Waals surface area (Å²) in [5.74, 6) is 0.481. The van der Waals surface area contributed by atoms with Crippen LogP contribution in [0.25, 0.3) is 0 Å². The van der Waals surface area contributed by atoms with Gasteiger partial charge in [0.25, 0.3) is 0 Å². The molecule has 1 fully saturated rings. The molecule has 14 heavy (non-hydrogen) atoms. The van der Waals surface area contributed by atoms with Crippen LogP contribution in [0.4, 0.5) is 0 Å². The Morgan fingerprint density at radius 3 is 2.93 bits per heavy atom. The summed E-state index contributed by atoms with van der Waals surface area (Å²) in [4.78, 5) is 10.6. The molecular weight excluding hydrogens is 180 g/mol. The number of aromatic carboxylic acids is 1. The van der Waals surface area contributed by atoms with Crippen molar-refractivity contribution >= 4 is 5.97 Å². The fourth-order valence-corrected chi connectivity index (χ4v) is 1.82. The minimum atomic E-state index is -0.953. The third-order valence-electron chi connectivity index (χ3n) is 3.08. The summed E-state index contributed by atoms with van der Waals surface area (Å²) in [6.45, 7) is 3.09. The van der Waals surface area contributed by atoms with Crippen molar-refractivity contribution in [1.82, 2.24) is 9.78 Å². The fourth-order valence-electron chi connectivity index (χ4n) is 1.82. The average molecular weight is 194 g/mol. The Bertz CT molecular complexity index is 346. The summed E-state index contributed by atoms with van der Waals surface area (Å²) < 4.78 is 1.74. The molecule has 0 bridgehead atoms. The number of nitrogens with zero attached hydrogens (tertiary/aromatic N) is 2. The van der Waals surface area contributed by atoms with Crippen molar-refractivity contribution in [2.24, 2.45) is 11.8 Å². The van der Waals surface area contributed by atoms with Crippen LogP contribution < -0.4 is 0 Å². The minimum Gasteiger partial charge on any atom is -0.476 e. The van der Waals surface area contributed by atoms with Crippen LogP contribution in [0, 0.1) is 11.8 Å². The monoisotopic (exact) mass is 194 g/mol. The molecule has 1 aromatic heterocycles. The fraction of sp³-hybridized carbons (Fsp3) is 0.600. The highest BCUT2D eigenvalue weighted by molar-refractivity contribution is 5.84. The molecule has 2 rings (SSSR count). The molecule has 2 atom stereocenters. The Kier molecular flexibility index (Phi) is 2.27. The Balaban J connectivity index is 1.99. The highest BCUT2D eigenvalue weighted by Gasteiger charge is 2.27. The van der Waals surface area contributed by atoms with Gasteiger partial charge in [-0.05, 0) is 24.3 Å². The molecule has 76 valence electrons. The maximum atomic E-state index is 10.6. The smallest absolute Gasteiger partial charge is 0.356 e. The van der Waals surface area contributed by atoms with E-state index in [1.165, 1.54) is 12.8 Å². The molecule has 1 aliphatic carbocycles. The van der Waals surface area contributed by atoms with Gasteiger partial charge in [0, 0.05) is 12.7 Å². The number of hydrogen-bond acceptors (Lipinski definition) is 2. The largest absolute Gasteiger partial charge is 0.476 e. The molecule has 4 nitrogen and oxygen atoms in total. The van der Waals surface area contributed by atoms with Crippen LogP contribution in [-0.4, -0.2) is 20.9 Å². The predicted molar refractivity (Wildman–Crippen MR) is 51.1 cm³/mol. The van der Waals surface area contributed by atoms with E-state index in [2.05, 4.69) is 12.0 Å². The van der Waals surface area contributed by atoms with Crippen LogP contribution in [0.3, 0.4) is 0 Å². The van der Waals surface area contributed by atoms with Gasteiger partial charge >= 0.3 is 5.97 Å². The van der Waals surface area contributed by atoms with Gasteiger partial charge in [-0.15, -0.1) is 0 Å². The van der Waals surface area contributed by atoms with Gasteiger partial charge in [-0.1, -0.05) is 13.3 Å². The topological polar surface area (TPSA) is 55.1 Å². The Hall–Kier alpha value is -1.32. The molecule has 0 aromatic carbocycles. The molecule has 0 saturated heterocycles. The Labute approximate surface area is 82.5 Å². The van der Waals surface area contributed by atoms with Crippen molar-refractivity contribution in [3.63, 3.8) is 0 Å². The summed E-state index contributed by atoms with van der Waals surface area (Å²) >= 11 is 0. The molecule has 1 aromatic rings. The van der Waals surface area contributed by atoms with Gasteiger partial charge in [-0.2, -0.15) is 5.10 Å². The molecule has 1 N–H and O–H groups in total. The average Bonchev–Trinajstić information content (AvgIpc) is 2.60. The second-order valence-electron chi connectivity index (χ2n) is 4.04. The van der Waals surface area contributed by atoms with Gasteiger partial charge in [0.2, 0.25) is 0 Å². The lowest BCUT2D eigenvalue weighted by Gasteiger charge is -2.33. The van der Waals surface area contributed by atoms with E-state index in [-0.39, 0.29) is 5.69 Å². The van der Waals surface area contributed by atoms with Crippen LogP contribution in [0.15, 0.2) is 12.3 Å². The standard InChI is InChI=1S/C10H14N2O2/c1-7-2-3-8(7)6-12-5-4-9(11-12)10(13)14/h4-5,7-8H,2-3,6H2,1H3,(H,13,14)/t7-,8-/m0/s1. The van der Waals surface area contributed by atoms with Crippen LogP contribution in [0.1, 0.15) is 30.3 Å². The first kappa shape index (κ1) is 9.24. The molecular formula is C10H14N2O2. The van der Waals surface area contributed by atoms with Gasteiger partial charge in [-0.3, -0.25) is 4.68 Å². The van der Waals surface area contributed by atoms with E-state index in [1.807, 2.05) is 0 Å². The Morgan fingerprint density at radius 2 is 2.50 bits per heavy atom. The number of carbonyl (C=O) groups is 1. The van der Waals surface area contributed by atoms with Crippen LogP contribution >= 0.6 is 0 Å². The molecule has 1 saturated carbocycles. The summed E-state index contributed by atoms with van der Waals surface area (Å²) in [7, 11) is 0. The first-order chi connectivity index (χ1) is 6.66. The molecule has 0 aliphatic heterocycles. The molecule has 4 heteroatoms. The van der Waals surface area contributed by atoms with Crippen molar-refractivity contribution < 1.29 is 9.90 Å². The van der Waals surface area contributed by atoms with Crippen molar-refractivity contribution in [3.05, 3.63) is 18.0 Å². The van der Waals surface area contributed by atoms with Gasteiger partial charge in [0.15, 0.2) is 5.69 Å². The van der Waals surface area contributed by atoms with Crippen molar-refractivity contribution in [1.29, 1.82) is 0 Å². The van der Waals surface area contributed by atoms with E-state index >= 15 is 0 Å². The molecule has 1 heterocycles. The summed E-state index contributed by atoms with van der Waals surface area (Å²) in [5, 5.41) is 12.7. The predicted octanol–water partition coefficient (Wildman–Crippen LogP) is 1.63. The quantitative estimate of drug-likeness (QED) is 0.795. The van der Waals surface area contributed by atoms with Gasteiger partial charge in [0.05, 0.1) is 0 Å². The lowest BCUT2D eigenvalue weighted by atomic mass is 9.75. The second kappa shape index (κ2) is 3.44. The van der Waals surface area contributed by atoms with Gasteiger partial charge in [0.1, 0.15) is 0 Å². The second-order valence-corrected chi connectivity index (χ2v) is 4.04. The number of carboxylic acids is 1. The van der Waals surface area contributed by atoms with E-state index in [0.29, 0.717) is 5.92 Å². The van der Waals surface area contributed by atoms with E-state index < -0.39 is 5.97 Å². The number of rotatable bonds is 3. The summed E-state index contributed by atoms with van der Waals surface area (Å²) in [5.41, 5.74) is 0.136. The first-order valence-electron chi connectivity index (χ1n) is 4.93. The van der Waals surface area contributed by atoms with Gasteiger partial charge in [-0.25, -0.2) is 4.79 Å². The van der Waals surface area contributed by atoms with Crippen LogP contribution in [0.2, 0.25) is 0 Å². The molecule has 1 aliphatic rings. The maximum Gasteiger partial charge on any atom is 0.356 e. The molecule has 0 radical (unpaired) electrons. The normalized spacial score (nSPS) is 25.8. The van der Waals surface area contributed by atoms with E-state index in [0.717, 1.165) is 12.5 Å². The minimum absolute atomic E-state index is 0.136. The third-order valence-corrected chi connectivity index (χ3v) is 3.08. The number of hydrogen-bond donors (Lipinski definition) is 1. The van der Waals surface area contributed by atoms with Gasteiger partial charge < -0.3 is 5.11 Å². The third kappa shape index (κ3) is 1.64. The van der Waals surface area contributed by atoms with Crippen molar-refractivity contribution in [3.8, 4) is 0 Å². The zero-order chi connectivity index (χ0) is 10.1. The van der Waals surface area contributed by atoms with Crippen molar-refractivity contribution in [2.45, 2.75) is 26.3 Å². The molecule has 0 amide bonds. The van der Waals surface area contributed by atoms with E-state index in [9.17, 15) is 4.79 Å². The van der Waals surface area contributed by atoms with Crippen molar-refractivity contribution in [2.75, 3.05) is 0 Å². The zero-order valence-corrected chi connectivity index (χ0v) is 8.18. The summed E-state index contributed by atoms with van der Waals surface area (Å²) in [6, 6.07) is 1.55. The maximum absolute atomic E-state index is 10.6. The number of carboxylic acid groups (broad SMARTS) is 1. The van der Waals surface area contributed by atoms with Crippen LogP contribution in [0.5, 0.6) is 0 Å².